The molecule has 0 radical (unpaired) electrons. The molecule has 1 aromatic rings. The molecule has 0 bridgehead atoms. The first-order valence-corrected chi connectivity index (χ1v) is 6.54. The smallest absolute Gasteiger partial charge is 0.204 e. The molecule has 2 aliphatic rings. The van der Waals surface area contributed by atoms with Crippen LogP contribution in [0.3, 0.4) is 0 Å². The summed E-state index contributed by atoms with van der Waals surface area (Å²) in [6.07, 6.45) is 5.66. The first-order valence-electron chi connectivity index (χ1n) is 6.16. The van der Waals surface area contributed by atoms with Gasteiger partial charge < -0.3 is 5.73 Å². The molecular formula is C14H20ClNO. The van der Waals surface area contributed by atoms with Gasteiger partial charge in [-0.2, -0.15) is 0 Å². The molecule has 17 heavy (non-hydrogen) atoms. The van der Waals surface area contributed by atoms with E-state index >= 15 is 0 Å². The molecule has 3 rings (SSSR count). The molecule has 0 saturated heterocycles. The van der Waals surface area contributed by atoms with Gasteiger partial charge in [0.1, 0.15) is 0 Å². The number of aryl methyl sites for hydroxylation is 1. The SMILES string of the molecule is CC.Clc1ccc2c(c1)C1(CC2)CC1.NC=O. The summed E-state index contributed by atoms with van der Waals surface area (Å²) in [5.41, 5.74) is 7.84. The van der Waals surface area contributed by atoms with Crippen molar-refractivity contribution in [1.29, 1.82) is 0 Å². The number of hydrogen-bond acceptors (Lipinski definition) is 1. The third kappa shape index (κ3) is 3.01. The summed E-state index contributed by atoms with van der Waals surface area (Å²) in [5.74, 6) is 0. The average Bonchev–Trinajstić information content (AvgIpc) is 3.03. The van der Waals surface area contributed by atoms with Crippen LogP contribution in [0.2, 0.25) is 5.02 Å². The second-order valence-corrected chi connectivity index (χ2v) is 4.65. The largest absolute Gasteiger partial charge is 0.372 e. The van der Waals surface area contributed by atoms with Gasteiger partial charge >= 0.3 is 0 Å². The highest BCUT2D eigenvalue weighted by Crippen LogP contribution is 2.56. The van der Waals surface area contributed by atoms with Crippen molar-refractivity contribution in [1.82, 2.24) is 0 Å². The second kappa shape index (κ2) is 6.06. The van der Waals surface area contributed by atoms with Gasteiger partial charge in [0.05, 0.1) is 0 Å². The van der Waals surface area contributed by atoms with E-state index in [2.05, 4.69) is 17.9 Å². The van der Waals surface area contributed by atoms with E-state index in [9.17, 15) is 0 Å². The van der Waals surface area contributed by atoms with Crippen molar-refractivity contribution in [3.63, 3.8) is 0 Å². The number of halogens is 1. The predicted octanol–water partition coefficient (Wildman–Crippen LogP) is 3.45. The number of hydrogen-bond donors (Lipinski definition) is 1. The van der Waals surface area contributed by atoms with Gasteiger partial charge in [0.25, 0.3) is 0 Å². The van der Waals surface area contributed by atoms with E-state index in [-0.39, 0.29) is 6.41 Å². The Morgan fingerprint density at radius 1 is 1.29 bits per heavy atom. The molecule has 3 heteroatoms. The predicted molar refractivity (Wildman–Crippen MR) is 72.3 cm³/mol. The number of benzene rings is 1. The number of carbonyl (C=O) groups is 1. The van der Waals surface area contributed by atoms with E-state index in [1.54, 1.807) is 5.56 Å². The molecule has 1 spiro atoms. The molecule has 0 heterocycles. The molecular weight excluding hydrogens is 234 g/mol. The summed E-state index contributed by atoms with van der Waals surface area (Å²) in [4.78, 5) is 8.58. The van der Waals surface area contributed by atoms with Crippen molar-refractivity contribution in [2.24, 2.45) is 5.73 Å². The van der Waals surface area contributed by atoms with Crippen LogP contribution in [0.4, 0.5) is 0 Å². The maximum atomic E-state index is 8.58. The number of nitrogens with two attached hydrogens (primary N) is 1. The maximum absolute atomic E-state index is 8.58. The van der Waals surface area contributed by atoms with Crippen molar-refractivity contribution in [2.45, 2.75) is 44.9 Å². The fourth-order valence-corrected chi connectivity index (χ4v) is 2.61. The minimum Gasteiger partial charge on any atom is -0.372 e. The molecule has 0 aliphatic heterocycles. The molecule has 0 unspecified atom stereocenters. The quantitative estimate of drug-likeness (QED) is 0.707. The highest BCUT2D eigenvalue weighted by Gasteiger charge is 2.48. The van der Waals surface area contributed by atoms with E-state index in [1.807, 2.05) is 19.9 Å². The highest BCUT2D eigenvalue weighted by molar-refractivity contribution is 6.30. The highest BCUT2D eigenvalue weighted by atomic mass is 35.5. The monoisotopic (exact) mass is 253 g/mol. The summed E-state index contributed by atoms with van der Waals surface area (Å²) in [6.45, 7) is 4.00. The molecule has 1 amide bonds. The summed E-state index contributed by atoms with van der Waals surface area (Å²) < 4.78 is 0. The molecule has 94 valence electrons. The van der Waals surface area contributed by atoms with Crippen LogP contribution in [-0.4, -0.2) is 6.41 Å². The van der Waals surface area contributed by atoms with Gasteiger partial charge in [0.15, 0.2) is 0 Å². The lowest BCUT2D eigenvalue weighted by Gasteiger charge is -2.07. The number of amides is 1. The lowest BCUT2D eigenvalue weighted by Crippen LogP contribution is -1.98. The van der Waals surface area contributed by atoms with Crippen LogP contribution in [0.1, 0.15) is 44.2 Å². The fraction of sp³-hybridized carbons (Fsp3) is 0.500. The van der Waals surface area contributed by atoms with Crippen LogP contribution in [0.25, 0.3) is 0 Å². The molecule has 1 saturated carbocycles. The van der Waals surface area contributed by atoms with Crippen LogP contribution in [0.5, 0.6) is 0 Å². The molecule has 1 aromatic carbocycles. The Kier molecular flexibility index (Phi) is 5.01. The average molecular weight is 254 g/mol. The van der Waals surface area contributed by atoms with E-state index in [0.29, 0.717) is 5.41 Å². The van der Waals surface area contributed by atoms with Crippen molar-refractivity contribution in [3.8, 4) is 0 Å². The number of carbonyl (C=O) groups excluding carboxylic acids is 1. The van der Waals surface area contributed by atoms with E-state index in [4.69, 9.17) is 16.4 Å². The first kappa shape index (κ1) is 14.0. The lowest BCUT2D eigenvalue weighted by atomic mass is 9.99. The topological polar surface area (TPSA) is 43.1 Å². The van der Waals surface area contributed by atoms with Gasteiger partial charge in [-0.3, -0.25) is 4.79 Å². The first-order chi connectivity index (χ1) is 8.22. The van der Waals surface area contributed by atoms with Crippen LogP contribution in [0, 0.1) is 0 Å². The second-order valence-electron chi connectivity index (χ2n) is 4.22. The molecule has 0 aromatic heterocycles. The Labute approximate surface area is 108 Å². The number of rotatable bonds is 0. The minimum atomic E-state index is 0.250. The molecule has 2 aliphatic carbocycles. The summed E-state index contributed by atoms with van der Waals surface area (Å²) in [7, 11) is 0. The third-order valence-electron chi connectivity index (χ3n) is 3.37. The van der Waals surface area contributed by atoms with Gasteiger partial charge in [-0.15, -0.1) is 0 Å². The van der Waals surface area contributed by atoms with Gasteiger partial charge in [-0.1, -0.05) is 31.5 Å². The summed E-state index contributed by atoms with van der Waals surface area (Å²) in [6, 6.07) is 6.39. The number of primary amides is 1. The summed E-state index contributed by atoms with van der Waals surface area (Å²) in [5, 5.41) is 0.905. The van der Waals surface area contributed by atoms with E-state index in [1.165, 1.54) is 31.2 Å². The van der Waals surface area contributed by atoms with E-state index in [0.717, 1.165) is 5.02 Å². The molecule has 2 nitrogen and oxygen atoms in total. The lowest BCUT2D eigenvalue weighted by molar-refractivity contribution is -0.106. The fourth-order valence-electron chi connectivity index (χ4n) is 2.44. The van der Waals surface area contributed by atoms with Crippen LogP contribution < -0.4 is 5.73 Å². The van der Waals surface area contributed by atoms with Gasteiger partial charge in [0, 0.05) is 5.02 Å². The van der Waals surface area contributed by atoms with Crippen molar-refractivity contribution < 1.29 is 4.79 Å². The van der Waals surface area contributed by atoms with Crippen molar-refractivity contribution >= 4 is 18.0 Å². The Morgan fingerprint density at radius 3 is 2.41 bits per heavy atom. The van der Waals surface area contributed by atoms with Crippen LogP contribution in [-0.2, 0) is 16.6 Å². The normalized spacial score (nSPS) is 17.1. The Morgan fingerprint density at radius 2 is 1.88 bits per heavy atom. The number of fused-ring (bicyclic) bond motifs is 2. The zero-order chi connectivity index (χ0) is 12.9. The Hall–Kier alpha value is -1.02. The standard InChI is InChI=1S/C11H11Cl.C2H6.CH3NO/c12-9-2-1-8-3-4-11(5-6-11)10(8)7-9;1-2;2-1-3/h1-2,7H,3-6H2;1-2H3;1H,(H2,2,3). The third-order valence-corrected chi connectivity index (χ3v) is 3.60. The van der Waals surface area contributed by atoms with Crippen LogP contribution in [0.15, 0.2) is 18.2 Å². The zero-order valence-corrected chi connectivity index (χ0v) is 11.3. The van der Waals surface area contributed by atoms with Crippen LogP contribution >= 0.6 is 11.6 Å². The van der Waals surface area contributed by atoms with Gasteiger partial charge in [-0.05, 0) is 54.4 Å². The summed E-state index contributed by atoms with van der Waals surface area (Å²) >= 11 is 5.98. The van der Waals surface area contributed by atoms with Crippen molar-refractivity contribution in [3.05, 3.63) is 34.3 Å². The Balaban J connectivity index is 0.000000256. The van der Waals surface area contributed by atoms with Gasteiger partial charge in [-0.25, -0.2) is 0 Å². The minimum absolute atomic E-state index is 0.250. The van der Waals surface area contributed by atoms with Gasteiger partial charge in [0.2, 0.25) is 6.41 Å². The zero-order valence-electron chi connectivity index (χ0n) is 10.5. The molecule has 2 N–H and O–H groups in total. The maximum Gasteiger partial charge on any atom is 0.204 e. The molecule has 1 fully saturated rings. The van der Waals surface area contributed by atoms with E-state index < -0.39 is 0 Å². The molecule has 0 atom stereocenters. The van der Waals surface area contributed by atoms with Crippen molar-refractivity contribution in [2.75, 3.05) is 0 Å². The Bertz CT molecular complexity index is 386.